The highest BCUT2D eigenvalue weighted by Gasteiger charge is 2.54. The molecule has 2 heterocycles. The maximum absolute atomic E-state index is 13.1. The molecule has 2 saturated heterocycles. The Balaban J connectivity index is 1.40. The first-order chi connectivity index (χ1) is 14.0. The van der Waals surface area contributed by atoms with Crippen LogP contribution < -0.4 is 5.32 Å². The third-order valence-corrected chi connectivity index (χ3v) is 5.66. The standard InChI is InChI=1S/C20H23N3O6/c24-16(22-8-10-28-11-9-22)13-29-17(25)12-23-18(26)20(21-19(23)27)7-3-5-14-4-1-2-6-15(14)20/h1-2,4,6H,3,5,7-13H2,(H,21,27)/t20-/m0/s1. The second-order valence-electron chi connectivity index (χ2n) is 7.39. The molecule has 9 nitrogen and oxygen atoms in total. The van der Waals surface area contributed by atoms with Crippen LogP contribution in [0, 0.1) is 0 Å². The summed E-state index contributed by atoms with van der Waals surface area (Å²) in [6.07, 6.45) is 2.08. The molecule has 1 spiro atoms. The van der Waals surface area contributed by atoms with Crippen molar-refractivity contribution in [3.63, 3.8) is 0 Å². The largest absolute Gasteiger partial charge is 0.454 e. The lowest BCUT2D eigenvalue weighted by atomic mass is 9.76. The summed E-state index contributed by atoms with van der Waals surface area (Å²) < 4.78 is 10.2. The molecule has 4 rings (SSSR count). The summed E-state index contributed by atoms with van der Waals surface area (Å²) in [5.74, 6) is -1.57. The maximum atomic E-state index is 13.1. The van der Waals surface area contributed by atoms with Gasteiger partial charge < -0.3 is 19.7 Å². The van der Waals surface area contributed by atoms with Crippen LogP contribution >= 0.6 is 0 Å². The second kappa shape index (κ2) is 7.82. The van der Waals surface area contributed by atoms with Gasteiger partial charge in [0.05, 0.1) is 13.2 Å². The fraction of sp³-hybridized carbons (Fsp3) is 0.500. The molecule has 0 aromatic heterocycles. The molecule has 0 unspecified atom stereocenters. The average molecular weight is 401 g/mol. The number of nitrogens with zero attached hydrogens (tertiary/aromatic N) is 2. The van der Waals surface area contributed by atoms with Crippen LogP contribution in [0.1, 0.15) is 24.0 Å². The van der Waals surface area contributed by atoms with Gasteiger partial charge in [-0.25, -0.2) is 4.79 Å². The predicted octanol–water partition coefficient (Wildman–Crippen LogP) is 0.172. The molecule has 29 heavy (non-hydrogen) atoms. The Bertz CT molecular complexity index is 850. The van der Waals surface area contributed by atoms with Gasteiger partial charge in [0.1, 0.15) is 12.1 Å². The van der Waals surface area contributed by atoms with Gasteiger partial charge in [0.15, 0.2) is 6.61 Å². The minimum atomic E-state index is -1.13. The Morgan fingerprint density at radius 3 is 2.72 bits per heavy atom. The number of benzene rings is 1. The number of ether oxygens (including phenoxy) is 2. The summed E-state index contributed by atoms with van der Waals surface area (Å²) in [4.78, 5) is 52.3. The van der Waals surface area contributed by atoms with Crippen molar-refractivity contribution in [3.05, 3.63) is 35.4 Å². The van der Waals surface area contributed by atoms with E-state index in [2.05, 4.69) is 5.32 Å². The van der Waals surface area contributed by atoms with Crippen molar-refractivity contribution in [1.29, 1.82) is 0 Å². The maximum Gasteiger partial charge on any atom is 0.326 e. The van der Waals surface area contributed by atoms with Gasteiger partial charge in [0.2, 0.25) is 0 Å². The van der Waals surface area contributed by atoms with Crippen LogP contribution in [0.15, 0.2) is 24.3 Å². The number of hydrogen-bond donors (Lipinski definition) is 1. The molecule has 1 N–H and O–H groups in total. The number of nitrogens with one attached hydrogen (secondary N) is 1. The molecule has 0 saturated carbocycles. The number of hydrogen-bond acceptors (Lipinski definition) is 6. The van der Waals surface area contributed by atoms with Gasteiger partial charge in [-0.15, -0.1) is 0 Å². The van der Waals surface area contributed by atoms with E-state index < -0.39 is 36.6 Å². The summed E-state index contributed by atoms with van der Waals surface area (Å²) in [5.41, 5.74) is 0.673. The first-order valence-corrected chi connectivity index (χ1v) is 9.75. The Kier molecular flexibility index (Phi) is 5.23. The second-order valence-corrected chi connectivity index (χ2v) is 7.39. The third kappa shape index (κ3) is 3.57. The van der Waals surface area contributed by atoms with Crippen LogP contribution in [-0.2, 0) is 35.8 Å². The van der Waals surface area contributed by atoms with Crippen molar-refractivity contribution >= 4 is 23.8 Å². The highest BCUT2D eigenvalue weighted by Crippen LogP contribution is 2.39. The minimum absolute atomic E-state index is 0.323. The number of carbonyl (C=O) groups is 4. The van der Waals surface area contributed by atoms with Gasteiger partial charge in [0, 0.05) is 13.1 Å². The Hall–Kier alpha value is -2.94. The average Bonchev–Trinajstić information content (AvgIpc) is 2.97. The zero-order valence-electron chi connectivity index (χ0n) is 16.0. The van der Waals surface area contributed by atoms with Crippen molar-refractivity contribution in [2.45, 2.75) is 24.8 Å². The zero-order valence-corrected chi connectivity index (χ0v) is 16.0. The predicted molar refractivity (Wildman–Crippen MR) is 99.7 cm³/mol. The first kappa shape index (κ1) is 19.4. The molecule has 0 bridgehead atoms. The smallest absolute Gasteiger partial charge is 0.326 e. The summed E-state index contributed by atoms with van der Waals surface area (Å²) in [6.45, 7) is 0.857. The lowest BCUT2D eigenvalue weighted by molar-refractivity contribution is -0.155. The first-order valence-electron chi connectivity index (χ1n) is 9.75. The van der Waals surface area contributed by atoms with E-state index in [-0.39, 0.29) is 5.91 Å². The molecule has 2 fully saturated rings. The monoisotopic (exact) mass is 401 g/mol. The summed E-state index contributed by atoms with van der Waals surface area (Å²) >= 11 is 0. The Labute approximate surface area is 167 Å². The Morgan fingerprint density at radius 2 is 1.93 bits per heavy atom. The van der Waals surface area contributed by atoms with E-state index in [1.165, 1.54) is 0 Å². The van der Waals surface area contributed by atoms with E-state index in [1.54, 1.807) is 4.90 Å². The van der Waals surface area contributed by atoms with Crippen LogP contribution in [0.3, 0.4) is 0 Å². The van der Waals surface area contributed by atoms with Crippen molar-refractivity contribution in [2.24, 2.45) is 0 Å². The normalized spacial score (nSPS) is 23.7. The lowest BCUT2D eigenvalue weighted by Gasteiger charge is -2.33. The van der Waals surface area contributed by atoms with E-state index in [0.29, 0.717) is 32.7 Å². The quantitative estimate of drug-likeness (QED) is 0.570. The van der Waals surface area contributed by atoms with Crippen LogP contribution in [0.2, 0.25) is 0 Å². The number of esters is 1. The molecule has 9 heteroatoms. The van der Waals surface area contributed by atoms with Crippen molar-refractivity contribution in [1.82, 2.24) is 15.1 Å². The number of imide groups is 1. The van der Waals surface area contributed by atoms with E-state index in [9.17, 15) is 19.2 Å². The van der Waals surface area contributed by atoms with Gasteiger partial charge in [-0.3, -0.25) is 19.3 Å². The van der Waals surface area contributed by atoms with Crippen molar-refractivity contribution in [2.75, 3.05) is 39.5 Å². The van der Waals surface area contributed by atoms with E-state index in [0.717, 1.165) is 28.9 Å². The van der Waals surface area contributed by atoms with Crippen molar-refractivity contribution < 1.29 is 28.7 Å². The number of carbonyl (C=O) groups excluding carboxylic acids is 4. The lowest BCUT2D eigenvalue weighted by Crippen LogP contribution is -2.47. The molecule has 1 aromatic carbocycles. The molecule has 1 aliphatic carbocycles. The zero-order chi connectivity index (χ0) is 20.4. The number of aryl methyl sites for hydroxylation is 1. The Morgan fingerprint density at radius 1 is 1.17 bits per heavy atom. The molecule has 1 aromatic rings. The highest BCUT2D eigenvalue weighted by atomic mass is 16.5. The minimum Gasteiger partial charge on any atom is -0.454 e. The van der Waals surface area contributed by atoms with Crippen LogP contribution in [0.25, 0.3) is 0 Å². The van der Waals surface area contributed by atoms with Gasteiger partial charge in [-0.1, -0.05) is 24.3 Å². The van der Waals surface area contributed by atoms with E-state index >= 15 is 0 Å². The molecule has 154 valence electrons. The highest BCUT2D eigenvalue weighted by molar-refractivity contribution is 6.09. The summed E-state index contributed by atoms with van der Waals surface area (Å²) in [7, 11) is 0. The number of amides is 4. The van der Waals surface area contributed by atoms with E-state index in [1.807, 2.05) is 24.3 Å². The topological polar surface area (TPSA) is 105 Å². The third-order valence-electron chi connectivity index (χ3n) is 5.66. The van der Waals surface area contributed by atoms with Gasteiger partial charge >= 0.3 is 12.0 Å². The number of morpholine rings is 1. The molecule has 2 aliphatic heterocycles. The van der Waals surface area contributed by atoms with Crippen molar-refractivity contribution in [3.8, 4) is 0 Å². The molecular formula is C20H23N3O6. The molecule has 1 atom stereocenters. The van der Waals surface area contributed by atoms with Gasteiger partial charge in [-0.2, -0.15) is 0 Å². The van der Waals surface area contributed by atoms with Crippen LogP contribution in [0.4, 0.5) is 4.79 Å². The fourth-order valence-electron chi connectivity index (χ4n) is 4.18. The molecular weight excluding hydrogens is 378 g/mol. The summed E-state index contributed by atoms with van der Waals surface area (Å²) in [5, 5.41) is 2.79. The van der Waals surface area contributed by atoms with Gasteiger partial charge in [-0.05, 0) is 30.4 Å². The van der Waals surface area contributed by atoms with Crippen LogP contribution in [0.5, 0.6) is 0 Å². The molecule has 3 aliphatic rings. The number of fused-ring (bicyclic) bond motifs is 2. The summed E-state index contributed by atoms with van der Waals surface area (Å²) in [6, 6.07) is 6.90. The van der Waals surface area contributed by atoms with E-state index in [4.69, 9.17) is 9.47 Å². The molecule has 4 amide bonds. The molecule has 0 radical (unpaired) electrons. The van der Waals surface area contributed by atoms with Gasteiger partial charge in [0.25, 0.3) is 11.8 Å². The number of urea groups is 1. The number of rotatable bonds is 4. The SMILES string of the molecule is O=C(CN1C(=O)N[C@]2(CCCc3ccccc32)C1=O)OCC(=O)N1CCOCC1. The fourth-order valence-corrected chi connectivity index (χ4v) is 4.18. The van der Waals surface area contributed by atoms with Crippen LogP contribution in [-0.4, -0.2) is 73.1 Å².